The number of fused-ring (bicyclic) bond motifs is 1. The molecular weight excluding hydrogens is 628 g/mol. The van der Waals surface area contributed by atoms with Gasteiger partial charge >= 0.3 is 5.97 Å². The van der Waals surface area contributed by atoms with Crippen LogP contribution in [0, 0.1) is 0 Å². The number of nitrogens with zero attached hydrogens (tertiary/aromatic N) is 2. The number of aromatic hydroxyl groups is 1. The van der Waals surface area contributed by atoms with Crippen LogP contribution in [0.15, 0.2) is 60.3 Å². The molecule has 37 heavy (non-hydrogen) atoms. The summed E-state index contributed by atoms with van der Waals surface area (Å²) in [7, 11) is 1.54. The molecule has 0 aliphatic carbocycles. The molecule has 3 aromatic rings. The number of carbonyl (C=O) groups excluding carboxylic acids is 1. The van der Waals surface area contributed by atoms with Crippen LogP contribution in [0.1, 0.15) is 37.9 Å². The number of methoxy groups -OCH3 is 1. The van der Waals surface area contributed by atoms with Crippen molar-refractivity contribution in [1.29, 1.82) is 0 Å². The molecule has 1 atom stereocenters. The molecule has 0 unspecified atom stereocenters. The number of aromatic nitrogens is 1. The summed E-state index contributed by atoms with van der Waals surface area (Å²) in [6, 6.07) is 7.94. The van der Waals surface area contributed by atoms with Gasteiger partial charge in [0.1, 0.15) is 11.8 Å². The van der Waals surface area contributed by atoms with Gasteiger partial charge in [-0.1, -0.05) is 23.5 Å². The van der Waals surface area contributed by atoms with Gasteiger partial charge in [-0.05, 0) is 82.5 Å². The largest absolute Gasteiger partial charge is 0.506 e. The smallest absolute Gasteiger partial charge is 0.338 e. The Bertz CT molecular complexity index is 1570. The number of allylic oxidation sites excluding steroid dienone is 1. The van der Waals surface area contributed by atoms with Gasteiger partial charge in [-0.3, -0.25) is 9.36 Å². The van der Waals surface area contributed by atoms with Crippen LogP contribution in [0.25, 0.3) is 6.08 Å². The Hall–Kier alpha value is -2.89. The van der Waals surface area contributed by atoms with Crippen molar-refractivity contribution in [3.8, 4) is 17.2 Å². The summed E-state index contributed by atoms with van der Waals surface area (Å²) in [5, 5.41) is 10.1. The van der Waals surface area contributed by atoms with Crippen molar-refractivity contribution in [1.82, 2.24) is 4.57 Å². The fourth-order valence-corrected chi connectivity index (χ4v) is 6.38. The summed E-state index contributed by atoms with van der Waals surface area (Å²) in [6.07, 6.45) is 1.72. The minimum atomic E-state index is -0.840. The predicted octanol–water partition coefficient (Wildman–Crippen LogP) is 4.44. The topological polar surface area (TPSA) is 99.4 Å². The Morgan fingerprint density at radius 3 is 2.54 bits per heavy atom. The molecule has 0 bridgehead atoms. The molecule has 0 saturated carbocycles. The molecule has 1 aliphatic heterocycles. The molecule has 0 spiro atoms. The third-order valence-corrected chi connectivity index (χ3v) is 7.86. The van der Waals surface area contributed by atoms with Gasteiger partial charge in [0.05, 0.1) is 45.1 Å². The highest BCUT2D eigenvalue weighted by molar-refractivity contribution is 9.11. The number of rotatable bonds is 7. The van der Waals surface area contributed by atoms with Gasteiger partial charge in [-0.25, -0.2) is 9.79 Å². The third-order valence-electron chi connectivity index (χ3n) is 5.67. The number of hydrogen-bond acceptors (Lipinski definition) is 8. The van der Waals surface area contributed by atoms with Crippen LogP contribution in [0.5, 0.6) is 17.2 Å². The van der Waals surface area contributed by atoms with Crippen LogP contribution in [0.3, 0.4) is 0 Å². The predicted molar refractivity (Wildman–Crippen MR) is 148 cm³/mol. The second-order valence-electron chi connectivity index (χ2n) is 7.95. The average Bonchev–Trinajstić information content (AvgIpc) is 3.16. The van der Waals surface area contributed by atoms with Gasteiger partial charge in [0.25, 0.3) is 5.56 Å². The lowest BCUT2D eigenvalue weighted by Crippen LogP contribution is -2.40. The van der Waals surface area contributed by atoms with Gasteiger partial charge in [0.2, 0.25) is 0 Å². The van der Waals surface area contributed by atoms with Gasteiger partial charge < -0.3 is 19.3 Å². The Morgan fingerprint density at radius 2 is 1.92 bits per heavy atom. The van der Waals surface area contributed by atoms with E-state index in [4.69, 9.17) is 14.2 Å². The monoisotopic (exact) mass is 650 g/mol. The number of benzene rings is 2. The van der Waals surface area contributed by atoms with E-state index in [1.165, 1.54) is 23.0 Å². The first-order valence-corrected chi connectivity index (χ1v) is 13.8. The Balaban J connectivity index is 2.02. The van der Waals surface area contributed by atoms with Gasteiger partial charge in [0.15, 0.2) is 16.3 Å². The Morgan fingerprint density at radius 1 is 1.22 bits per heavy atom. The number of ether oxygens (including phenoxy) is 3. The van der Waals surface area contributed by atoms with Crippen molar-refractivity contribution < 1.29 is 24.1 Å². The highest BCUT2D eigenvalue weighted by atomic mass is 79.9. The summed E-state index contributed by atoms with van der Waals surface area (Å²) >= 11 is 7.86. The molecule has 1 N–H and O–H groups in total. The zero-order valence-electron chi connectivity index (χ0n) is 20.5. The maximum atomic E-state index is 13.9. The van der Waals surface area contributed by atoms with Crippen molar-refractivity contribution in [3.63, 3.8) is 0 Å². The lowest BCUT2D eigenvalue weighted by atomic mass is 9.94. The number of carbonyl (C=O) groups is 1. The maximum absolute atomic E-state index is 13.9. The first kappa shape index (κ1) is 27.2. The van der Waals surface area contributed by atoms with E-state index in [-0.39, 0.29) is 23.5 Å². The molecule has 194 valence electrons. The summed E-state index contributed by atoms with van der Waals surface area (Å²) in [6.45, 7) is 5.84. The molecule has 1 aromatic heterocycles. The summed E-state index contributed by atoms with van der Waals surface area (Å²) < 4.78 is 19.7. The first-order chi connectivity index (χ1) is 17.7. The second kappa shape index (κ2) is 11.2. The number of hydrogen-bond donors (Lipinski definition) is 1. The number of phenols is 1. The van der Waals surface area contributed by atoms with E-state index in [0.29, 0.717) is 53.2 Å². The molecule has 0 amide bonds. The van der Waals surface area contributed by atoms with Gasteiger partial charge in [-0.2, -0.15) is 0 Å². The fraction of sp³-hybridized carbons (Fsp3) is 0.269. The zero-order valence-corrected chi connectivity index (χ0v) is 24.5. The van der Waals surface area contributed by atoms with E-state index in [1.54, 1.807) is 44.2 Å². The van der Waals surface area contributed by atoms with E-state index in [2.05, 4.69) is 36.9 Å². The molecule has 0 radical (unpaired) electrons. The van der Waals surface area contributed by atoms with Crippen molar-refractivity contribution in [2.24, 2.45) is 4.99 Å². The molecule has 0 saturated heterocycles. The molecular formula is C26H24Br2N2O6S. The Labute approximate surface area is 233 Å². The number of para-hydroxylation sites is 1. The molecule has 2 aromatic carbocycles. The van der Waals surface area contributed by atoms with Crippen LogP contribution in [-0.2, 0) is 9.53 Å². The van der Waals surface area contributed by atoms with Crippen molar-refractivity contribution in [2.45, 2.75) is 26.8 Å². The van der Waals surface area contributed by atoms with Gasteiger partial charge in [0, 0.05) is 5.56 Å². The molecule has 2 heterocycles. The van der Waals surface area contributed by atoms with E-state index in [0.717, 1.165) is 0 Å². The average molecular weight is 652 g/mol. The van der Waals surface area contributed by atoms with E-state index >= 15 is 0 Å². The van der Waals surface area contributed by atoms with Crippen LogP contribution in [0.2, 0.25) is 0 Å². The second-order valence-corrected chi connectivity index (χ2v) is 10.7. The zero-order chi connectivity index (χ0) is 26.9. The minimum absolute atomic E-state index is 0.0646. The van der Waals surface area contributed by atoms with E-state index < -0.39 is 12.0 Å². The summed E-state index contributed by atoms with van der Waals surface area (Å²) in [5.74, 6) is 0.433. The lowest BCUT2D eigenvalue weighted by Gasteiger charge is -2.26. The normalized spacial score (nSPS) is 15.3. The summed E-state index contributed by atoms with van der Waals surface area (Å²) in [4.78, 5) is 32.1. The maximum Gasteiger partial charge on any atom is 0.338 e. The van der Waals surface area contributed by atoms with Crippen LogP contribution in [-0.4, -0.2) is 36.0 Å². The number of phenolic OH excluding ortho intramolecular Hbond substituents is 1. The number of esters is 1. The quantitative estimate of drug-likeness (QED) is 0.380. The fourth-order valence-electron chi connectivity index (χ4n) is 4.11. The van der Waals surface area contributed by atoms with Crippen molar-refractivity contribution in [3.05, 3.63) is 81.4 Å². The molecule has 11 heteroatoms. The van der Waals surface area contributed by atoms with E-state index in [1.807, 2.05) is 13.0 Å². The highest BCUT2D eigenvalue weighted by Crippen LogP contribution is 2.41. The van der Waals surface area contributed by atoms with Crippen LogP contribution < -0.4 is 24.4 Å². The van der Waals surface area contributed by atoms with Crippen molar-refractivity contribution >= 4 is 55.2 Å². The first-order valence-electron chi connectivity index (χ1n) is 11.4. The SMILES string of the molecule is CCOC(=O)C1=C(C)N=c2s/c(=C/c3cc(Br)c(O)c(Br)c3)c(=O)n2[C@@H]1c1cccc(OC)c1OCC. The standard InChI is InChI=1S/C26H24Br2N2O6S/c1-5-35-23-15(8-7-9-18(23)34-4)21-20(25(33)36-6-2)13(3)29-26-30(21)24(32)19(37-26)12-14-10-16(27)22(31)17(28)11-14/h7-12,21,31H,5-6H2,1-4H3/b19-12+/t21-/m1/s1. The molecule has 1 aliphatic rings. The molecule has 4 rings (SSSR count). The van der Waals surface area contributed by atoms with Crippen LogP contribution >= 0.6 is 43.2 Å². The Kier molecular flexibility index (Phi) is 8.25. The van der Waals surface area contributed by atoms with Crippen molar-refractivity contribution in [2.75, 3.05) is 20.3 Å². The van der Waals surface area contributed by atoms with Crippen LogP contribution in [0.4, 0.5) is 0 Å². The highest BCUT2D eigenvalue weighted by Gasteiger charge is 2.36. The summed E-state index contributed by atoms with van der Waals surface area (Å²) in [5.41, 5.74) is 1.66. The minimum Gasteiger partial charge on any atom is -0.506 e. The molecule has 8 nitrogen and oxygen atoms in total. The molecule has 0 fully saturated rings. The lowest BCUT2D eigenvalue weighted by molar-refractivity contribution is -0.139. The van der Waals surface area contributed by atoms with E-state index in [9.17, 15) is 14.7 Å². The van der Waals surface area contributed by atoms with Gasteiger partial charge in [-0.15, -0.1) is 0 Å². The third kappa shape index (κ3) is 5.12. The number of thiazole rings is 1. The number of halogens is 2.